The lowest BCUT2D eigenvalue weighted by Crippen LogP contribution is -3.00. The van der Waals surface area contributed by atoms with E-state index in [9.17, 15) is 0 Å². The van der Waals surface area contributed by atoms with Crippen molar-refractivity contribution in [2.45, 2.75) is 145 Å². The summed E-state index contributed by atoms with van der Waals surface area (Å²) in [7, 11) is 9.98. The Labute approximate surface area is 253 Å². The zero-order valence-corrected chi connectivity index (χ0v) is 29.5. The Morgan fingerprint density at radius 1 is 0.632 bits per heavy atom. The van der Waals surface area contributed by atoms with Crippen molar-refractivity contribution < 1.29 is 33.8 Å². The van der Waals surface area contributed by atoms with Gasteiger partial charge in [-0.05, 0) is 86.9 Å². The highest BCUT2D eigenvalue weighted by Gasteiger charge is 2.39. The van der Waals surface area contributed by atoms with Crippen LogP contribution in [0.15, 0.2) is 0 Å². The topological polar surface area (TPSA) is 0 Å². The summed E-state index contributed by atoms with van der Waals surface area (Å²) in [6, 6.07) is 1.52. The molecule has 2 rings (SSSR count). The molecule has 0 N–H and O–H groups in total. The average molecular weight is 578 g/mol. The molecule has 2 aliphatic carbocycles. The van der Waals surface area contributed by atoms with E-state index in [1.54, 1.807) is 0 Å². The first-order valence-corrected chi connectivity index (χ1v) is 16.1. The maximum atomic E-state index is 2.54. The molecule has 6 atom stereocenters. The second-order valence-electron chi connectivity index (χ2n) is 16.5. The van der Waals surface area contributed by atoms with Crippen LogP contribution in [0.1, 0.15) is 132 Å². The standard InChI is InChI=1S/C34H70N2.2ClH/c1-27-17-15-23-33(5,6)31(27)21-19-29(3)35(9,10)25-13-14-26-36(11,12)30(4)20-22-32-28(2)18-16-24-34(32,7)8;;/h27-32H,13-26H2,1-12H3;2*1H/q+2;;/p-2. The highest BCUT2D eigenvalue weighted by molar-refractivity contribution is 4.87. The van der Waals surface area contributed by atoms with Crippen LogP contribution in [0, 0.1) is 34.5 Å². The van der Waals surface area contributed by atoms with Crippen molar-refractivity contribution in [1.29, 1.82) is 0 Å². The van der Waals surface area contributed by atoms with Crippen LogP contribution in [0.5, 0.6) is 0 Å². The second-order valence-corrected chi connectivity index (χ2v) is 16.5. The van der Waals surface area contributed by atoms with Crippen molar-refractivity contribution in [3.8, 4) is 0 Å². The smallest absolute Gasteiger partial charge is 0.0857 e. The van der Waals surface area contributed by atoms with Gasteiger partial charge in [-0.1, -0.05) is 67.2 Å². The third-order valence-electron chi connectivity index (χ3n) is 12.2. The molecule has 0 bridgehead atoms. The molecule has 38 heavy (non-hydrogen) atoms. The summed E-state index contributed by atoms with van der Waals surface area (Å²) in [6.07, 6.45) is 17.0. The molecule has 0 saturated heterocycles. The van der Waals surface area contributed by atoms with Crippen molar-refractivity contribution in [1.82, 2.24) is 0 Å². The van der Waals surface area contributed by atoms with Gasteiger partial charge >= 0.3 is 0 Å². The van der Waals surface area contributed by atoms with Crippen LogP contribution in [-0.4, -0.2) is 62.3 Å². The monoisotopic (exact) mass is 576 g/mol. The summed E-state index contributed by atoms with van der Waals surface area (Å²) in [4.78, 5) is 0. The fourth-order valence-corrected chi connectivity index (χ4v) is 8.44. The predicted molar refractivity (Wildman–Crippen MR) is 161 cm³/mol. The quantitative estimate of drug-likeness (QED) is 0.233. The molecule has 4 heteroatoms. The Balaban J connectivity index is 0.00000684. The normalized spacial score (nSPS) is 29.1. The van der Waals surface area contributed by atoms with Gasteiger partial charge in [-0.25, -0.2) is 0 Å². The van der Waals surface area contributed by atoms with Crippen LogP contribution in [0.3, 0.4) is 0 Å². The Morgan fingerprint density at radius 2 is 0.947 bits per heavy atom. The van der Waals surface area contributed by atoms with E-state index in [4.69, 9.17) is 0 Å². The maximum absolute atomic E-state index is 2.54. The van der Waals surface area contributed by atoms with Gasteiger partial charge in [-0.3, -0.25) is 0 Å². The molecule has 0 amide bonds. The first-order valence-electron chi connectivity index (χ1n) is 16.1. The predicted octanol–water partition coefficient (Wildman–Crippen LogP) is 3.19. The van der Waals surface area contributed by atoms with Gasteiger partial charge in [0.25, 0.3) is 0 Å². The summed E-state index contributed by atoms with van der Waals surface area (Å²) in [5.41, 5.74) is 1.08. The summed E-state index contributed by atoms with van der Waals surface area (Å²) in [5, 5.41) is 0. The molecule has 6 unspecified atom stereocenters. The molecule has 0 aromatic carbocycles. The average Bonchev–Trinajstić information content (AvgIpc) is 2.74. The van der Waals surface area contributed by atoms with Crippen LogP contribution < -0.4 is 24.8 Å². The molecule has 0 aromatic rings. The van der Waals surface area contributed by atoms with Gasteiger partial charge in [-0.2, -0.15) is 0 Å². The fraction of sp³-hybridized carbons (Fsp3) is 1.00. The molecule has 2 fully saturated rings. The number of halogens is 2. The second kappa shape index (κ2) is 15.7. The van der Waals surface area contributed by atoms with E-state index in [1.807, 2.05) is 0 Å². The van der Waals surface area contributed by atoms with Crippen LogP contribution in [0.4, 0.5) is 0 Å². The van der Waals surface area contributed by atoms with Gasteiger partial charge < -0.3 is 33.8 Å². The van der Waals surface area contributed by atoms with E-state index in [0.29, 0.717) is 10.8 Å². The number of hydrogen-bond donors (Lipinski definition) is 0. The highest BCUT2D eigenvalue weighted by Crippen LogP contribution is 2.47. The third kappa shape index (κ3) is 10.7. The number of nitrogens with zero attached hydrogens (tertiary/aromatic N) is 2. The molecule has 2 saturated carbocycles. The Bertz CT molecular complexity index is 601. The van der Waals surface area contributed by atoms with E-state index in [-0.39, 0.29) is 24.8 Å². The summed E-state index contributed by atoms with van der Waals surface area (Å²) >= 11 is 0. The van der Waals surface area contributed by atoms with Gasteiger partial charge in [0, 0.05) is 12.8 Å². The number of quaternary nitrogens is 2. The SMILES string of the molecule is CC1CCCC(C)(C)C1CCC(C)[N+](C)(C)CCCC[N+](C)(C)C(C)CCC1C(C)CCCC1(C)C.[Cl-].[Cl-]. The molecule has 230 valence electrons. The van der Waals surface area contributed by atoms with Gasteiger partial charge in [-0.15, -0.1) is 0 Å². The fourth-order valence-electron chi connectivity index (χ4n) is 8.44. The van der Waals surface area contributed by atoms with Crippen molar-refractivity contribution in [3.05, 3.63) is 0 Å². The summed E-state index contributed by atoms with van der Waals surface area (Å²) in [5.74, 6) is 3.64. The maximum Gasteiger partial charge on any atom is 0.0857 e. The van der Waals surface area contributed by atoms with Gasteiger partial charge in [0.2, 0.25) is 0 Å². The molecular weight excluding hydrogens is 507 g/mol. The lowest BCUT2D eigenvalue weighted by molar-refractivity contribution is -0.919. The zero-order valence-electron chi connectivity index (χ0n) is 28.0. The van der Waals surface area contributed by atoms with Crippen molar-refractivity contribution >= 4 is 0 Å². The lowest BCUT2D eigenvalue weighted by atomic mass is 9.62. The third-order valence-corrected chi connectivity index (χ3v) is 12.2. The molecule has 0 spiro atoms. The minimum absolute atomic E-state index is 0. The Kier molecular flexibility index (Phi) is 15.9. The van der Waals surface area contributed by atoms with Gasteiger partial charge in [0.15, 0.2) is 0 Å². The number of hydrogen-bond acceptors (Lipinski definition) is 0. The van der Waals surface area contributed by atoms with Crippen LogP contribution in [0.2, 0.25) is 0 Å². The first kappa shape index (κ1) is 38.5. The van der Waals surface area contributed by atoms with E-state index < -0.39 is 0 Å². The lowest BCUT2D eigenvalue weighted by Gasteiger charge is -2.45. The summed E-state index contributed by atoms with van der Waals surface area (Å²) < 4.78 is 2.39. The number of rotatable bonds is 13. The minimum atomic E-state index is 0. The van der Waals surface area contributed by atoms with Crippen molar-refractivity contribution in [2.75, 3.05) is 41.3 Å². The molecular formula is C34H70Cl2N2. The van der Waals surface area contributed by atoms with Gasteiger partial charge in [0.05, 0.1) is 53.4 Å². The van der Waals surface area contributed by atoms with E-state index >= 15 is 0 Å². The van der Waals surface area contributed by atoms with Crippen LogP contribution >= 0.6 is 0 Å². The first-order chi connectivity index (χ1) is 16.5. The summed E-state index contributed by atoms with van der Waals surface area (Å²) in [6.45, 7) is 22.9. The molecule has 2 aliphatic rings. The van der Waals surface area contributed by atoms with Crippen molar-refractivity contribution in [2.24, 2.45) is 34.5 Å². The number of unbranched alkanes of at least 4 members (excludes halogenated alkanes) is 1. The van der Waals surface area contributed by atoms with E-state index in [1.165, 1.54) is 99.1 Å². The molecule has 0 heterocycles. The van der Waals surface area contributed by atoms with E-state index in [0.717, 1.165) is 35.8 Å². The van der Waals surface area contributed by atoms with Gasteiger partial charge in [0.1, 0.15) is 0 Å². The van der Waals surface area contributed by atoms with Crippen LogP contribution in [0.25, 0.3) is 0 Å². The highest BCUT2D eigenvalue weighted by atomic mass is 35.5. The minimum Gasteiger partial charge on any atom is -1.00 e. The largest absolute Gasteiger partial charge is 1.00 e. The molecule has 0 radical (unpaired) electrons. The Hall–Kier alpha value is 0.500. The molecule has 2 nitrogen and oxygen atoms in total. The Morgan fingerprint density at radius 3 is 1.24 bits per heavy atom. The zero-order chi connectivity index (χ0) is 27.4. The van der Waals surface area contributed by atoms with E-state index in [2.05, 4.69) is 83.6 Å². The molecule has 0 aromatic heterocycles. The van der Waals surface area contributed by atoms with Crippen molar-refractivity contribution in [3.63, 3.8) is 0 Å². The molecule has 0 aliphatic heterocycles. The van der Waals surface area contributed by atoms with Crippen LogP contribution in [-0.2, 0) is 0 Å².